The van der Waals surface area contributed by atoms with E-state index in [-0.39, 0.29) is 4.90 Å². The molecule has 6 heteroatoms. The van der Waals surface area contributed by atoms with E-state index in [1.807, 2.05) is 13.1 Å². The molecule has 1 aliphatic rings. The van der Waals surface area contributed by atoms with Gasteiger partial charge in [0.05, 0.1) is 16.3 Å². The fourth-order valence-electron chi connectivity index (χ4n) is 2.66. The van der Waals surface area contributed by atoms with E-state index in [2.05, 4.69) is 16.8 Å². The van der Waals surface area contributed by atoms with Crippen molar-refractivity contribution < 1.29 is 8.42 Å². The lowest BCUT2D eigenvalue weighted by atomic mass is 10.0. The van der Waals surface area contributed by atoms with Crippen molar-refractivity contribution in [2.75, 3.05) is 44.1 Å². The van der Waals surface area contributed by atoms with Gasteiger partial charge in [0.2, 0.25) is 0 Å². The van der Waals surface area contributed by atoms with E-state index in [1.165, 1.54) is 6.26 Å². The minimum Gasteiger partial charge on any atom is -0.397 e. The van der Waals surface area contributed by atoms with Crippen molar-refractivity contribution in [1.29, 1.82) is 0 Å². The first-order valence-corrected chi connectivity index (χ1v) is 8.69. The summed E-state index contributed by atoms with van der Waals surface area (Å²) in [6.07, 6.45) is 3.39. The molecule has 0 radical (unpaired) electrons. The van der Waals surface area contributed by atoms with E-state index in [1.54, 1.807) is 12.1 Å². The molecule has 0 bridgehead atoms. The number of nitrogens with zero attached hydrogens (tertiary/aromatic N) is 2. The molecular formula is C14H23N3O2S. The van der Waals surface area contributed by atoms with Crippen LogP contribution in [0.5, 0.6) is 0 Å². The van der Waals surface area contributed by atoms with Gasteiger partial charge in [0.25, 0.3) is 0 Å². The number of nitrogens with two attached hydrogens (primary N) is 1. The highest BCUT2D eigenvalue weighted by molar-refractivity contribution is 7.90. The predicted octanol–water partition coefficient (Wildman–Crippen LogP) is 1.20. The van der Waals surface area contributed by atoms with Crippen LogP contribution in [0.1, 0.15) is 12.8 Å². The molecule has 2 N–H and O–H groups in total. The molecule has 112 valence electrons. The van der Waals surface area contributed by atoms with Crippen molar-refractivity contribution in [1.82, 2.24) is 4.90 Å². The third-order valence-corrected chi connectivity index (χ3v) is 5.15. The normalized spacial score (nSPS) is 18.1. The maximum atomic E-state index is 11.5. The zero-order valence-electron chi connectivity index (χ0n) is 12.3. The number of likely N-dealkylation sites (tertiary alicyclic amines) is 1. The lowest BCUT2D eigenvalue weighted by Gasteiger charge is -2.36. The van der Waals surface area contributed by atoms with Crippen LogP contribution in [0, 0.1) is 0 Å². The third-order valence-electron chi connectivity index (χ3n) is 4.04. The van der Waals surface area contributed by atoms with Crippen molar-refractivity contribution >= 4 is 21.2 Å². The van der Waals surface area contributed by atoms with Crippen LogP contribution in [-0.2, 0) is 9.84 Å². The van der Waals surface area contributed by atoms with Gasteiger partial charge >= 0.3 is 0 Å². The second kappa shape index (κ2) is 5.61. The molecular weight excluding hydrogens is 274 g/mol. The maximum Gasteiger partial charge on any atom is 0.175 e. The van der Waals surface area contributed by atoms with E-state index in [9.17, 15) is 8.42 Å². The van der Waals surface area contributed by atoms with E-state index in [0.29, 0.717) is 11.7 Å². The summed E-state index contributed by atoms with van der Waals surface area (Å²) < 4.78 is 23.1. The Kier molecular flexibility index (Phi) is 4.25. The van der Waals surface area contributed by atoms with Gasteiger partial charge in [-0.2, -0.15) is 0 Å². The SMILES string of the molecule is CN1CCC(N(C)c2ccc(S(C)(=O)=O)cc2N)CC1. The van der Waals surface area contributed by atoms with Crippen LogP contribution < -0.4 is 10.6 Å². The Balaban J connectivity index is 2.20. The smallest absolute Gasteiger partial charge is 0.175 e. The van der Waals surface area contributed by atoms with Gasteiger partial charge in [-0.1, -0.05) is 0 Å². The van der Waals surface area contributed by atoms with E-state index in [0.717, 1.165) is 31.6 Å². The number of sulfone groups is 1. The van der Waals surface area contributed by atoms with Gasteiger partial charge < -0.3 is 15.5 Å². The van der Waals surface area contributed by atoms with Crippen LogP contribution in [0.25, 0.3) is 0 Å². The molecule has 5 nitrogen and oxygen atoms in total. The van der Waals surface area contributed by atoms with Crippen molar-refractivity contribution in [3.05, 3.63) is 18.2 Å². The van der Waals surface area contributed by atoms with Crippen molar-refractivity contribution in [3.63, 3.8) is 0 Å². The fourth-order valence-corrected chi connectivity index (χ4v) is 3.32. The van der Waals surface area contributed by atoms with Crippen LogP contribution in [0.15, 0.2) is 23.1 Å². The van der Waals surface area contributed by atoms with Crippen LogP contribution >= 0.6 is 0 Å². The Labute approximate surface area is 121 Å². The molecule has 20 heavy (non-hydrogen) atoms. The number of hydrogen-bond acceptors (Lipinski definition) is 5. The molecule has 0 amide bonds. The molecule has 1 heterocycles. The maximum absolute atomic E-state index is 11.5. The fraction of sp³-hybridized carbons (Fsp3) is 0.571. The first-order chi connectivity index (χ1) is 9.29. The summed E-state index contributed by atoms with van der Waals surface area (Å²) in [6, 6.07) is 5.45. The molecule has 0 atom stereocenters. The zero-order chi connectivity index (χ0) is 14.9. The Morgan fingerprint density at radius 3 is 2.40 bits per heavy atom. The Morgan fingerprint density at radius 1 is 1.30 bits per heavy atom. The third kappa shape index (κ3) is 3.24. The number of piperidine rings is 1. The zero-order valence-corrected chi connectivity index (χ0v) is 13.2. The van der Waals surface area contributed by atoms with Crippen molar-refractivity contribution in [3.8, 4) is 0 Å². The summed E-state index contributed by atoms with van der Waals surface area (Å²) in [5.41, 5.74) is 7.47. The molecule has 0 saturated carbocycles. The molecule has 0 spiro atoms. The van der Waals surface area contributed by atoms with Gasteiger partial charge in [-0.15, -0.1) is 0 Å². The molecule has 1 aromatic carbocycles. The topological polar surface area (TPSA) is 66.6 Å². The second-order valence-corrected chi connectivity index (χ2v) is 7.65. The van der Waals surface area contributed by atoms with E-state index < -0.39 is 9.84 Å². The quantitative estimate of drug-likeness (QED) is 0.849. The number of hydrogen-bond donors (Lipinski definition) is 1. The molecule has 0 aromatic heterocycles. The molecule has 1 aliphatic heterocycles. The van der Waals surface area contributed by atoms with Gasteiger partial charge in [-0.05, 0) is 51.2 Å². The molecule has 1 fully saturated rings. The standard InChI is InChI=1S/C14H23N3O2S/c1-16-8-6-11(7-9-16)17(2)14-5-4-12(10-13(14)15)20(3,18)19/h4-5,10-11H,6-9,15H2,1-3H3. The first kappa shape index (κ1) is 15.1. The number of benzene rings is 1. The van der Waals surface area contributed by atoms with Crippen LogP contribution in [-0.4, -0.2) is 52.8 Å². The largest absolute Gasteiger partial charge is 0.397 e. The average Bonchev–Trinajstić information content (AvgIpc) is 2.37. The van der Waals surface area contributed by atoms with E-state index >= 15 is 0 Å². The summed E-state index contributed by atoms with van der Waals surface area (Å²) >= 11 is 0. The monoisotopic (exact) mass is 297 g/mol. The highest BCUT2D eigenvalue weighted by Gasteiger charge is 2.22. The summed E-state index contributed by atoms with van der Waals surface area (Å²) in [4.78, 5) is 4.77. The van der Waals surface area contributed by atoms with Gasteiger partial charge in [-0.25, -0.2) is 8.42 Å². The lowest BCUT2D eigenvalue weighted by Crippen LogP contribution is -2.42. The lowest BCUT2D eigenvalue weighted by molar-refractivity contribution is 0.253. The van der Waals surface area contributed by atoms with Crippen LogP contribution in [0.2, 0.25) is 0 Å². The van der Waals surface area contributed by atoms with Crippen LogP contribution in [0.3, 0.4) is 0 Å². The van der Waals surface area contributed by atoms with Crippen molar-refractivity contribution in [2.45, 2.75) is 23.8 Å². The number of nitrogen functional groups attached to an aromatic ring is 1. The van der Waals surface area contributed by atoms with Gasteiger partial charge in [0, 0.05) is 19.3 Å². The average molecular weight is 297 g/mol. The van der Waals surface area contributed by atoms with Crippen molar-refractivity contribution in [2.24, 2.45) is 0 Å². The Bertz CT molecular complexity index is 578. The highest BCUT2D eigenvalue weighted by atomic mass is 32.2. The highest BCUT2D eigenvalue weighted by Crippen LogP contribution is 2.29. The Morgan fingerprint density at radius 2 is 1.90 bits per heavy atom. The second-order valence-electron chi connectivity index (χ2n) is 5.64. The Hall–Kier alpha value is -1.27. The number of anilines is 2. The predicted molar refractivity (Wildman–Crippen MR) is 82.9 cm³/mol. The molecule has 0 aliphatic carbocycles. The van der Waals surface area contributed by atoms with Crippen LogP contribution in [0.4, 0.5) is 11.4 Å². The first-order valence-electron chi connectivity index (χ1n) is 6.80. The summed E-state index contributed by atoms with van der Waals surface area (Å²) in [5.74, 6) is 0. The molecule has 0 unspecified atom stereocenters. The van der Waals surface area contributed by atoms with E-state index in [4.69, 9.17) is 5.73 Å². The minimum atomic E-state index is -3.21. The van der Waals surface area contributed by atoms with Gasteiger partial charge in [0.15, 0.2) is 9.84 Å². The summed E-state index contributed by atoms with van der Waals surface area (Å²) in [5, 5.41) is 0. The summed E-state index contributed by atoms with van der Waals surface area (Å²) in [7, 11) is 0.955. The minimum absolute atomic E-state index is 0.274. The summed E-state index contributed by atoms with van der Waals surface area (Å²) in [6.45, 7) is 2.16. The molecule has 1 aromatic rings. The molecule has 2 rings (SSSR count). The van der Waals surface area contributed by atoms with Gasteiger partial charge in [0.1, 0.15) is 0 Å². The van der Waals surface area contributed by atoms with Gasteiger partial charge in [-0.3, -0.25) is 0 Å². The number of rotatable bonds is 3. The molecule has 1 saturated heterocycles.